The maximum absolute atomic E-state index is 13.3. The molecule has 29 heteroatoms. The first kappa shape index (κ1) is 113. The Morgan fingerprint density at radius 2 is 0.858 bits per heavy atom. The maximum atomic E-state index is 13.3. The number of fused-ring (bicyclic) bond motifs is 3. The number of carbonyl (C=O) groups excluding carboxylic acids is 8. The van der Waals surface area contributed by atoms with Gasteiger partial charge in [0.15, 0.2) is 11.9 Å². The first-order chi connectivity index (χ1) is 58.8. The molecule has 2 aliphatic rings. The molecule has 0 saturated carbocycles. The summed E-state index contributed by atoms with van der Waals surface area (Å²) in [6.45, 7) is 4.40. The summed E-state index contributed by atoms with van der Waals surface area (Å²) < 4.78 is 19.7. The number of benzene rings is 9. The number of amides is 3. The van der Waals surface area contributed by atoms with Gasteiger partial charge in [0.1, 0.15) is 12.4 Å². The van der Waals surface area contributed by atoms with E-state index in [1.165, 1.54) is 102 Å². The third-order valence-electron chi connectivity index (χ3n) is 19.2. The Balaban J connectivity index is 0.000000810. The minimum atomic E-state index is -1.72. The Labute approximate surface area is 764 Å². The van der Waals surface area contributed by atoms with Crippen molar-refractivity contribution in [3.05, 3.63) is 360 Å². The highest BCUT2D eigenvalue weighted by atomic mass is 16.6. The maximum Gasteiger partial charge on any atom is 0.407 e. The molecule has 9 aromatic rings. The smallest absolute Gasteiger partial charge is 0.407 e. The van der Waals surface area contributed by atoms with Crippen LogP contribution in [-0.4, -0.2) is 205 Å². The van der Waals surface area contributed by atoms with Gasteiger partial charge in [0, 0.05) is 148 Å². The van der Waals surface area contributed by atoms with Crippen molar-refractivity contribution < 1.29 is 72.3 Å². The van der Waals surface area contributed by atoms with Gasteiger partial charge in [0.2, 0.25) is 11.8 Å². The average Bonchev–Trinajstić information content (AvgIpc) is 1.62. The van der Waals surface area contributed by atoms with Crippen molar-refractivity contribution in [2.24, 2.45) is 11.8 Å². The first-order valence-electron chi connectivity index (χ1n) is 39.6. The van der Waals surface area contributed by atoms with E-state index in [1.54, 1.807) is 22.0 Å². The molecule has 1 aliphatic carbocycles. The van der Waals surface area contributed by atoms with E-state index < -0.39 is 72.8 Å². The molecular formula is C98H116B10N4O15. The lowest BCUT2D eigenvalue weighted by Gasteiger charge is -2.30. The normalized spacial score (nSPS) is 13.9. The highest BCUT2D eigenvalue weighted by Crippen LogP contribution is 2.45. The molecule has 1 fully saturated rings. The van der Waals surface area contributed by atoms with E-state index in [1.807, 2.05) is 218 Å². The Bertz CT molecular complexity index is 4770. The van der Waals surface area contributed by atoms with Gasteiger partial charge in [-0.05, 0) is 107 Å². The number of ether oxygens (including phenoxy) is 4. The lowest BCUT2D eigenvalue weighted by molar-refractivity contribution is -0.151. The molecule has 1 heterocycles. The number of Topliss-reactive ketones (excluding diaryl/α,β-unsaturated/α-hetero) is 1. The summed E-state index contributed by atoms with van der Waals surface area (Å²) in [5, 5.41) is 26.3. The number of esters is 3. The molecule has 19 nitrogen and oxygen atoms in total. The van der Waals surface area contributed by atoms with E-state index in [0.29, 0.717) is 32.4 Å². The van der Waals surface area contributed by atoms with Crippen LogP contribution in [0.5, 0.6) is 0 Å². The number of alkyl carbamates (subject to hydrolysis) is 1. The summed E-state index contributed by atoms with van der Waals surface area (Å²) >= 11 is 0. The van der Waals surface area contributed by atoms with Crippen LogP contribution < -0.4 is 10.6 Å². The van der Waals surface area contributed by atoms with E-state index in [9.17, 15) is 53.4 Å². The number of allylic oxidation sites excluding steroid dienone is 1. The second-order valence-electron chi connectivity index (χ2n) is 28.3. The fourth-order valence-corrected chi connectivity index (χ4v) is 13.3. The number of hydrogen-bond donors (Lipinski definition) is 4. The number of rotatable bonds is 33. The molecule has 11 rings (SSSR count). The molecule has 9 aromatic carbocycles. The molecular weight excluding hydrogens is 1580 g/mol. The molecule has 4 N–H and O–H groups in total. The fourth-order valence-electron chi connectivity index (χ4n) is 13.3. The highest BCUT2D eigenvalue weighted by Gasteiger charge is 2.52. The van der Waals surface area contributed by atoms with Crippen LogP contribution in [0.15, 0.2) is 309 Å². The number of aliphatic carboxylic acids is 1. The van der Waals surface area contributed by atoms with Gasteiger partial charge in [-0.2, -0.15) is 0 Å². The van der Waals surface area contributed by atoms with Crippen LogP contribution >= 0.6 is 0 Å². The van der Waals surface area contributed by atoms with Crippen molar-refractivity contribution in [3.63, 3.8) is 0 Å². The van der Waals surface area contributed by atoms with Gasteiger partial charge in [0.05, 0.1) is 39.3 Å². The lowest BCUT2D eigenvalue weighted by atomic mass is 8.97. The number of aliphatic hydroxyl groups excluding tert-OH is 1. The van der Waals surface area contributed by atoms with Crippen LogP contribution in [0.25, 0.3) is 11.1 Å². The zero-order valence-corrected chi connectivity index (χ0v) is 69.3. The molecule has 7 atom stereocenters. The number of carboxylic acid groups (broad SMARTS) is 1. The van der Waals surface area contributed by atoms with Crippen molar-refractivity contribution in [1.29, 1.82) is 0 Å². The molecule has 0 spiro atoms. The second kappa shape index (κ2) is 63.0. The zero-order chi connectivity index (χ0) is 88.6. The molecule has 0 unspecified atom stereocenters. The predicted molar refractivity (Wildman–Crippen MR) is 522 cm³/mol. The van der Waals surface area contributed by atoms with Crippen molar-refractivity contribution in [1.82, 2.24) is 20.4 Å². The summed E-state index contributed by atoms with van der Waals surface area (Å²) in [6, 6.07) is 83.5. The molecule has 1 aliphatic heterocycles. The largest absolute Gasteiger partial charge is 0.479 e. The minimum Gasteiger partial charge on any atom is -0.479 e. The topological polar surface area (TPSA) is 262 Å². The molecule has 14 radical (unpaired) electrons. The summed E-state index contributed by atoms with van der Waals surface area (Å²) in [7, 11) is 35.6. The molecule has 1 saturated heterocycles. The van der Waals surface area contributed by atoms with E-state index in [4.69, 9.17) is 55.9 Å². The van der Waals surface area contributed by atoms with Crippen molar-refractivity contribution in [3.8, 4) is 11.1 Å². The van der Waals surface area contributed by atoms with E-state index in [2.05, 4.69) is 68.6 Å². The lowest BCUT2D eigenvalue weighted by Crippen LogP contribution is -2.43. The molecule has 3 amide bonds. The summed E-state index contributed by atoms with van der Waals surface area (Å²) in [5.74, 6) is -5.40. The second-order valence-corrected chi connectivity index (χ2v) is 28.3. The summed E-state index contributed by atoms with van der Waals surface area (Å²) in [4.78, 5) is 111. The number of aliphatic hydroxyl groups is 1. The highest BCUT2D eigenvalue weighted by molar-refractivity contribution is 7.61. The molecule has 0 bridgehead atoms. The first-order valence-corrected chi connectivity index (χ1v) is 39.6. The van der Waals surface area contributed by atoms with Crippen LogP contribution in [0.4, 0.5) is 4.79 Å². The van der Waals surface area contributed by atoms with Crippen molar-refractivity contribution >= 4 is 127 Å². The number of carbonyl (C=O) groups is 9. The SMILES string of the molecule is C.C.C.C.C.CC(=O)C[C@H]1C(=O)N(Cc2ccccc2)[C@@H](Cc2ccccc2)[C@@H]1[C@@H](O)C(=O)O.COC(=O)/C=C/[C@H](Cc1ccccc1)N(Cc1ccccc1)C(=O)/C=C/C(C)=O.COC(=O)/C=C/[C@H](Cc1ccccc1)NC(=O)OCC1c2ccccc2-c2ccccc21.COC(=O)/C=C/[C@H](Cc1ccccc1)NCc1ccccc1.[B][B]B([B])[B].[B][B]B([B])[B]. The number of hydrogen-bond acceptors (Lipinski definition) is 15. The average molecular weight is 1700 g/mol. The van der Waals surface area contributed by atoms with Crippen LogP contribution in [-0.2, 0) is 103 Å². The van der Waals surface area contributed by atoms with Gasteiger partial charge in [0.25, 0.3) is 0 Å². The third-order valence-corrected chi connectivity index (χ3v) is 19.2. The Morgan fingerprint density at radius 3 is 1.27 bits per heavy atom. The van der Waals surface area contributed by atoms with Crippen LogP contribution in [0.1, 0.15) is 113 Å². The minimum absolute atomic E-state index is 0. The Hall–Kier alpha value is -12.1. The fraction of sp³-hybridized carbons (Fsp3) is 0.276. The van der Waals surface area contributed by atoms with Gasteiger partial charge < -0.3 is 54.4 Å². The third kappa shape index (κ3) is 41.3. The van der Waals surface area contributed by atoms with Gasteiger partial charge in [-0.1, -0.05) is 316 Å². The molecule has 127 heavy (non-hydrogen) atoms. The number of nitrogens with zero attached hydrogens (tertiary/aromatic N) is 2. The van der Waals surface area contributed by atoms with Gasteiger partial charge in [-0.3, -0.25) is 14.4 Å². The zero-order valence-electron chi connectivity index (χ0n) is 69.3. The standard InChI is InChI=1S/C27H25NO4.C24H25NO4.C23H25NO5.C19H21NO2.5CH4.2B5/c1-31-26(29)16-15-20(17-19-9-3-2-4-10-19)28-27(30)32-18-25-23-13-7-5-11-21(23)22-12-6-8-14-24(22)25;1-19(26)13-15-23(27)25(18-21-11-7-4-8-12-21)22(14-16-24(28)29-2)17-20-9-5-3-6-10-20;1-15(25)12-18-20(21(26)23(28)29)19(13-16-8-4-2-5-9-16)24(22(18)27)14-17-10-6-3-7-11-17;1-22-19(21)13-12-18(14-16-8-4-2-5-9-16)20-15-17-10-6-3-7-11-17;;;;;;2*1-4-5(2)3/h2-16,20,25H,17-18H2,1H3,(H,28,30);3-16,22H,17-18H2,1-2H3;2-11,18-21,26H,12-14H2,1H3,(H,28,29);2-13,18,20H,14-15H2,1H3;5*1H4;;/b16-15+;15-13+,16-14+;;13-12+;;;;;;;/t20-;22-;18-,19+,20-,21-;18-;;;;;;;/m1111......./s1. The van der Waals surface area contributed by atoms with E-state index in [-0.39, 0.29) is 91.5 Å². The predicted octanol–water partition coefficient (Wildman–Crippen LogP) is 13.2. The number of ketones is 2. The quantitative estimate of drug-likeness (QED) is 0.0129. The van der Waals surface area contributed by atoms with Crippen molar-refractivity contribution in [2.45, 2.75) is 139 Å². The van der Waals surface area contributed by atoms with Gasteiger partial charge in [-0.25, -0.2) is 24.0 Å². The van der Waals surface area contributed by atoms with Crippen LogP contribution in [0, 0.1) is 11.8 Å². The van der Waals surface area contributed by atoms with Crippen LogP contribution in [0.3, 0.4) is 0 Å². The monoisotopic (exact) mass is 1700 g/mol. The van der Waals surface area contributed by atoms with Gasteiger partial charge in [-0.15, -0.1) is 0 Å². The Morgan fingerprint density at radius 1 is 0.488 bits per heavy atom. The summed E-state index contributed by atoms with van der Waals surface area (Å²) in [6.07, 6.45) is 10.8. The van der Waals surface area contributed by atoms with E-state index >= 15 is 0 Å². The number of methoxy groups -OCH3 is 3. The van der Waals surface area contributed by atoms with Gasteiger partial charge >= 0.3 is 30.0 Å². The number of carboxylic acids is 1. The summed E-state index contributed by atoms with van der Waals surface area (Å²) in [5.41, 5.74) is 12.0. The molecule has 648 valence electrons. The van der Waals surface area contributed by atoms with E-state index in [0.717, 1.165) is 51.9 Å². The van der Waals surface area contributed by atoms with Crippen LogP contribution in [0.2, 0.25) is 0 Å². The number of nitrogens with one attached hydrogen (secondary N) is 2. The van der Waals surface area contributed by atoms with Crippen molar-refractivity contribution in [2.75, 3.05) is 27.9 Å². The Kier molecular flexibility index (Phi) is 56.0. The molecule has 0 aromatic heterocycles. The number of likely N-dealkylation sites (tertiary alicyclic amines) is 1.